The molecule has 0 fully saturated rings. The standard InChI is InChI=1S/C11H13N7O2/c1-2-13-11-15-6-9(18(19)20)10(17-11)14-5-8-3-4-12-7-16-8/h3-4,6-7H,2,5H2,1H3,(H2,13,14,15,17). The van der Waals surface area contributed by atoms with Crippen molar-refractivity contribution in [3.05, 3.63) is 40.6 Å². The molecular formula is C11H13N7O2. The molecule has 0 aliphatic rings. The van der Waals surface area contributed by atoms with Gasteiger partial charge < -0.3 is 10.6 Å². The van der Waals surface area contributed by atoms with Crippen LogP contribution in [0.1, 0.15) is 12.6 Å². The van der Waals surface area contributed by atoms with Crippen LogP contribution in [0.4, 0.5) is 17.5 Å². The summed E-state index contributed by atoms with van der Waals surface area (Å²) in [5.41, 5.74) is 0.527. The Balaban J connectivity index is 2.19. The molecule has 0 aliphatic heterocycles. The number of rotatable bonds is 6. The largest absolute Gasteiger partial charge is 0.359 e. The molecular weight excluding hydrogens is 262 g/mol. The van der Waals surface area contributed by atoms with Gasteiger partial charge in [0.1, 0.15) is 12.5 Å². The smallest absolute Gasteiger partial charge is 0.329 e. The van der Waals surface area contributed by atoms with Gasteiger partial charge in [-0.25, -0.2) is 15.0 Å². The van der Waals surface area contributed by atoms with Crippen LogP contribution in [0.15, 0.2) is 24.8 Å². The second-order valence-corrected chi connectivity index (χ2v) is 3.77. The van der Waals surface area contributed by atoms with Crippen molar-refractivity contribution in [3.63, 3.8) is 0 Å². The van der Waals surface area contributed by atoms with E-state index in [1.165, 1.54) is 12.5 Å². The van der Waals surface area contributed by atoms with Gasteiger partial charge in [-0.1, -0.05) is 0 Å². The summed E-state index contributed by atoms with van der Waals surface area (Å²) in [6.45, 7) is 2.83. The normalized spacial score (nSPS) is 10.1. The summed E-state index contributed by atoms with van der Waals surface area (Å²) >= 11 is 0. The summed E-state index contributed by atoms with van der Waals surface area (Å²) < 4.78 is 0. The predicted molar refractivity (Wildman–Crippen MR) is 72.2 cm³/mol. The van der Waals surface area contributed by atoms with Crippen molar-refractivity contribution >= 4 is 17.5 Å². The molecule has 20 heavy (non-hydrogen) atoms. The Labute approximate surface area is 114 Å². The van der Waals surface area contributed by atoms with Crippen molar-refractivity contribution in [2.75, 3.05) is 17.2 Å². The van der Waals surface area contributed by atoms with E-state index in [-0.39, 0.29) is 11.5 Å². The Morgan fingerprint density at radius 2 is 2.20 bits per heavy atom. The van der Waals surface area contributed by atoms with E-state index < -0.39 is 4.92 Å². The molecule has 2 aromatic heterocycles. The number of hydrogen-bond donors (Lipinski definition) is 2. The molecule has 2 rings (SSSR count). The lowest BCUT2D eigenvalue weighted by Crippen LogP contribution is -2.09. The zero-order valence-corrected chi connectivity index (χ0v) is 10.8. The monoisotopic (exact) mass is 275 g/mol. The first kappa shape index (κ1) is 13.6. The summed E-state index contributed by atoms with van der Waals surface area (Å²) in [4.78, 5) is 26.2. The summed E-state index contributed by atoms with van der Waals surface area (Å²) in [6.07, 6.45) is 4.19. The van der Waals surface area contributed by atoms with E-state index in [4.69, 9.17) is 0 Å². The maximum Gasteiger partial charge on any atom is 0.329 e. The highest BCUT2D eigenvalue weighted by molar-refractivity contribution is 5.56. The molecule has 0 saturated carbocycles. The fraction of sp³-hybridized carbons (Fsp3) is 0.273. The maximum atomic E-state index is 10.9. The summed E-state index contributed by atoms with van der Waals surface area (Å²) in [5, 5.41) is 16.7. The number of nitrogens with zero attached hydrogens (tertiary/aromatic N) is 5. The highest BCUT2D eigenvalue weighted by Gasteiger charge is 2.17. The molecule has 2 N–H and O–H groups in total. The van der Waals surface area contributed by atoms with Crippen LogP contribution in [-0.2, 0) is 6.54 Å². The first-order valence-corrected chi connectivity index (χ1v) is 5.94. The van der Waals surface area contributed by atoms with E-state index in [9.17, 15) is 10.1 Å². The zero-order chi connectivity index (χ0) is 14.4. The SMILES string of the molecule is CCNc1ncc([N+](=O)[O-])c(NCc2ccncn2)n1. The Kier molecular flexibility index (Phi) is 4.32. The number of anilines is 2. The maximum absolute atomic E-state index is 10.9. The summed E-state index contributed by atoms with van der Waals surface area (Å²) in [6, 6.07) is 1.71. The molecule has 9 nitrogen and oxygen atoms in total. The van der Waals surface area contributed by atoms with Gasteiger partial charge in [0.25, 0.3) is 0 Å². The number of nitro groups is 1. The van der Waals surface area contributed by atoms with E-state index in [0.717, 1.165) is 0 Å². The topological polar surface area (TPSA) is 119 Å². The summed E-state index contributed by atoms with van der Waals surface area (Å²) in [7, 11) is 0. The van der Waals surface area contributed by atoms with E-state index in [1.807, 2.05) is 6.92 Å². The molecule has 2 heterocycles. The number of aromatic nitrogens is 4. The second-order valence-electron chi connectivity index (χ2n) is 3.77. The first-order chi connectivity index (χ1) is 9.70. The van der Waals surface area contributed by atoms with Crippen LogP contribution in [0.5, 0.6) is 0 Å². The average molecular weight is 275 g/mol. The van der Waals surface area contributed by atoms with Gasteiger partial charge in [-0.3, -0.25) is 10.1 Å². The van der Waals surface area contributed by atoms with Crippen LogP contribution in [0.3, 0.4) is 0 Å². The van der Waals surface area contributed by atoms with Crippen LogP contribution in [-0.4, -0.2) is 31.4 Å². The van der Waals surface area contributed by atoms with Crippen LogP contribution in [0.2, 0.25) is 0 Å². The average Bonchev–Trinajstić information content (AvgIpc) is 2.46. The second kappa shape index (κ2) is 6.36. The van der Waals surface area contributed by atoms with E-state index in [1.54, 1.807) is 12.3 Å². The van der Waals surface area contributed by atoms with Crippen molar-refractivity contribution in [3.8, 4) is 0 Å². The van der Waals surface area contributed by atoms with Crippen LogP contribution in [0.25, 0.3) is 0 Å². The highest BCUT2D eigenvalue weighted by Crippen LogP contribution is 2.22. The van der Waals surface area contributed by atoms with E-state index in [2.05, 4.69) is 30.6 Å². The number of nitrogens with one attached hydrogen (secondary N) is 2. The lowest BCUT2D eigenvalue weighted by molar-refractivity contribution is -0.384. The van der Waals surface area contributed by atoms with Crippen molar-refractivity contribution in [1.82, 2.24) is 19.9 Å². The van der Waals surface area contributed by atoms with Gasteiger partial charge in [0, 0.05) is 12.7 Å². The highest BCUT2D eigenvalue weighted by atomic mass is 16.6. The van der Waals surface area contributed by atoms with Crippen LogP contribution in [0, 0.1) is 10.1 Å². The third kappa shape index (κ3) is 3.34. The quantitative estimate of drug-likeness (QED) is 0.596. The Hall–Kier alpha value is -2.84. The lowest BCUT2D eigenvalue weighted by atomic mass is 10.4. The van der Waals surface area contributed by atoms with Crippen molar-refractivity contribution in [2.24, 2.45) is 0 Å². The lowest BCUT2D eigenvalue weighted by Gasteiger charge is -2.07. The molecule has 0 amide bonds. The minimum atomic E-state index is -0.530. The molecule has 0 aliphatic carbocycles. The van der Waals surface area contributed by atoms with Gasteiger partial charge in [-0.2, -0.15) is 4.98 Å². The fourth-order valence-corrected chi connectivity index (χ4v) is 1.48. The predicted octanol–water partition coefficient (Wildman–Crippen LogP) is 1.22. The fourth-order valence-electron chi connectivity index (χ4n) is 1.48. The van der Waals surface area contributed by atoms with Crippen molar-refractivity contribution in [2.45, 2.75) is 13.5 Å². The van der Waals surface area contributed by atoms with Crippen molar-refractivity contribution < 1.29 is 4.92 Å². The third-order valence-corrected chi connectivity index (χ3v) is 2.38. The molecule has 0 bridgehead atoms. The van der Waals surface area contributed by atoms with Gasteiger partial charge in [0.2, 0.25) is 11.8 Å². The molecule has 0 unspecified atom stereocenters. The third-order valence-electron chi connectivity index (χ3n) is 2.38. The minimum absolute atomic E-state index is 0.152. The first-order valence-electron chi connectivity index (χ1n) is 5.94. The van der Waals surface area contributed by atoms with Gasteiger partial charge >= 0.3 is 5.69 Å². The van der Waals surface area contributed by atoms with Gasteiger partial charge in [-0.15, -0.1) is 0 Å². The number of hydrogen-bond acceptors (Lipinski definition) is 8. The summed E-state index contributed by atoms with van der Waals surface area (Å²) in [5.74, 6) is 0.489. The van der Waals surface area contributed by atoms with Gasteiger partial charge in [0.15, 0.2) is 0 Å². The van der Waals surface area contributed by atoms with Crippen LogP contribution >= 0.6 is 0 Å². The van der Waals surface area contributed by atoms with Gasteiger partial charge in [0.05, 0.1) is 17.2 Å². The Morgan fingerprint density at radius 1 is 1.35 bits per heavy atom. The molecule has 0 saturated heterocycles. The Morgan fingerprint density at radius 3 is 2.85 bits per heavy atom. The molecule has 0 spiro atoms. The molecule has 0 atom stereocenters. The molecule has 9 heteroatoms. The molecule has 104 valence electrons. The van der Waals surface area contributed by atoms with Gasteiger partial charge in [-0.05, 0) is 13.0 Å². The van der Waals surface area contributed by atoms with E-state index >= 15 is 0 Å². The van der Waals surface area contributed by atoms with Crippen molar-refractivity contribution in [1.29, 1.82) is 0 Å². The molecule has 0 aromatic carbocycles. The minimum Gasteiger partial charge on any atom is -0.359 e. The Bertz CT molecular complexity index is 591. The molecule has 0 radical (unpaired) electrons. The van der Waals surface area contributed by atoms with Crippen LogP contribution < -0.4 is 10.6 Å². The zero-order valence-electron chi connectivity index (χ0n) is 10.8. The van der Waals surface area contributed by atoms with E-state index in [0.29, 0.717) is 24.7 Å². The molecule has 2 aromatic rings.